The number of hydrogen-bond acceptors (Lipinski definition) is 3. The van der Waals surface area contributed by atoms with Crippen molar-refractivity contribution < 1.29 is 9.22 Å². The van der Waals surface area contributed by atoms with Crippen LogP contribution in [0.4, 0.5) is 0 Å². The van der Waals surface area contributed by atoms with Crippen LogP contribution in [-0.4, -0.2) is 19.6 Å². The molecular weight excluding hydrogens is 911 g/mol. The highest BCUT2D eigenvalue weighted by Gasteiger charge is 2.33. The quantitative estimate of drug-likeness (QED) is 0.111. The second kappa shape index (κ2) is 20.9. The van der Waals surface area contributed by atoms with Crippen LogP contribution in [-0.2, 0) is 16.2 Å². The van der Waals surface area contributed by atoms with Crippen molar-refractivity contribution in [1.29, 1.82) is 0 Å². The van der Waals surface area contributed by atoms with Gasteiger partial charge >= 0.3 is 0 Å². The van der Waals surface area contributed by atoms with Gasteiger partial charge in [-0.3, -0.25) is 9.55 Å². The number of phenols is 1. The van der Waals surface area contributed by atoms with Crippen LogP contribution in [0.5, 0.6) is 5.75 Å². The maximum atomic E-state index is 12.5. The zero-order valence-electron chi connectivity index (χ0n) is 49.8. The average Bonchev–Trinajstić information content (AvgIpc) is 4.05. The molecule has 7 aromatic carbocycles. The molecule has 0 unspecified atom stereocenters. The van der Waals surface area contributed by atoms with Gasteiger partial charge in [-0.1, -0.05) is 193 Å². The second-order valence-electron chi connectivity index (χ2n) is 23.2. The van der Waals surface area contributed by atoms with Crippen LogP contribution < -0.4 is 0 Å². The largest absolute Gasteiger partial charge is 0.507 e. The molecule has 384 valence electrons. The van der Waals surface area contributed by atoms with Crippen molar-refractivity contribution >= 4 is 11.0 Å². The number of imidazole rings is 1. The number of pyridine rings is 1. The molecule has 0 aliphatic rings. The van der Waals surface area contributed by atoms with Gasteiger partial charge in [-0.25, -0.2) is 4.98 Å². The van der Waals surface area contributed by atoms with Gasteiger partial charge in [0.1, 0.15) is 11.6 Å². The number of hydrogen-bond donors (Lipinski definition) is 1. The Morgan fingerprint density at radius 1 is 0.547 bits per heavy atom. The fourth-order valence-electron chi connectivity index (χ4n) is 11.0. The Morgan fingerprint density at radius 2 is 1.15 bits per heavy atom. The predicted octanol–water partition coefficient (Wildman–Crippen LogP) is 20.1. The van der Waals surface area contributed by atoms with Crippen molar-refractivity contribution in [2.45, 2.75) is 151 Å². The summed E-state index contributed by atoms with van der Waals surface area (Å²) in [5.74, 6) is 0.783. The van der Waals surface area contributed by atoms with E-state index in [1.54, 1.807) is 0 Å². The first kappa shape index (κ1) is 48.9. The Balaban J connectivity index is 1.31. The van der Waals surface area contributed by atoms with Gasteiger partial charge < -0.3 is 5.11 Å². The third kappa shape index (κ3) is 10.0. The molecule has 9 aromatic rings. The molecule has 4 nitrogen and oxygen atoms in total. The second-order valence-corrected chi connectivity index (χ2v) is 23.2. The van der Waals surface area contributed by atoms with E-state index in [9.17, 15) is 9.22 Å². The number of nitrogens with zero attached hydrogens (tertiary/aromatic N) is 3. The normalized spacial score (nSPS) is 13.1. The fraction of sp³-hybridized carbons (Fsp3) is 0.324. The summed E-state index contributed by atoms with van der Waals surface area (Å²) in [6.07, 6.45) is 5.65. The first-order valence-corrected chi connectivity index (χ1v) is 27.5. The predicted molar refractivity (Wildman–Crippen MR) is 321 cm³/mol. The highest BCUT2D eigenvalue weighted by atomic mass is 16.3. The fourth-order valence-corrected chi connectivity index (χ4v) is 11.0. The molecule has 0 radical (unpaired) electrons. The Hall–Kier alpha value is -7.04. The van der Waals surface area contributed by atoms with E-state index in [-0.39, 0.29) is 39.4 Å². The molecule has 4 heteroatoms. The number of aryl methyl sites for hydroxylation is 1. The van der Waals surface area contributed by atoms with Crippen LogP contribution in [0.1, 0.15) is 165 Å². The highest BCUT2D eigenvalue weighted by molar-refractivity contribution is 5.97. The lowest BCUT2D eigenvalue weighted by Gasteiger charge is -2.36. The molecule has 0 aliphatic carbocycles. The van der Waals surface area contributed by atoms with Crippen LogP contribution >= 0.6 is 0 Å². The highest BCUT2D eigenvalue weighted by Crippen LogP contribution is 2.48. The summed E-state index contributed by atoms with van der Waals surface area (Å²) in [5, 5.41) is 12.5. The lowest BCUT2D eigenvalue weighted by molar-refractivity contribution is 0.426. The molecule has 9 rings (SSSR count). The van der Waals surface area contributed by atoms with Gasteiger partial charge in [0, 0.05) is 21.4 Å². The molecule has 0 fully saturated rings. The third-order valence-corrected chi connectivity index (χ3v) is 16.9. The average molecular weight is 993 g/mol. The van der Waals surface area contributed by atoms with Crippen LogP contribution in [0.3, 0.4) is 0 Å². The molecule has 0 atom stereocenters. The molecular formula is C71H79N3O. The van der Waals surface area contributed by atoms with E-state index in [2.05, 4.69) is 205 Å². The summed E-state index contributed by atoms with van der Waals surface area (Å²) in [6, 6.07) is 53.2. The van der Waals surface area contributed by atoms with Crippen molar-refractivity contribution in [3.05, 3.63) is 191 Å². The number of fused-ring (bicyclic) bond motifs is 1. The summed E-state index contributed by atoms with van der Waals surface area (Å²) >= 11 is 0. The van der Waals surface area contributed by atoms with Crippen molar-refractivity contribution in [2.24, 2.45) is 0 Å². The molecule has 0 aliphatic heterocycles. The Kier molecular flexibility index (Phi) is 13.6. The van der Waals surface area contributed by atoms with Gasteiger partial charge in [-0.05, 0) is 181 Å². The zero-order chi connectivity index (χ0) is 56.1. The van der Waals surface area contributed by atoms with Crippen molar-refractivity contribution in [3.63, 3.8) is 0 Å². The van der Waals surface area contributed by atoms with Gasteiger partial charge in [-0.15, -0.1) is 0 Å². The standard InChI is InChI=1S/C71H79N3O/c1-15-70(13,16-2)60-27-23-28-61(71(14,17-3)18-4)65(60)52-34-35-63(47(9)38-52)74-64-29-22-26-57(66(64)73-68(74)59-43-53(45(5)6)42-58(46(7)8)67(59)75)54-39-55(41-56(40-54)69(10,11)12)62-44-51(36-37-72-62)50-32-30-49(31-33-50)48-24-20-19-21-25-48/h19-46,75H,15-18H2,1-14H3/i9D3. The van der Waals surface area contributed by atoms with Crippen LogP contribution in [0, 0.1) is 6.85 Å². The van der Waals surface area contributed by atoms with E-state index in [0.29, 0.717) is 22.6 Å². The number of phenolic OH excluding ortho intramolecular Hbond substituents is 1. The molecule has 2 heterocycles. The lowest BCUT2D eigenvalue weighted by Crippen LogP contribution is -2.25. The van der Waals surface area contributed by atoms with E-state index >= 15 is 0 Å². The summed E-state index contributed by atoms with van der Waals surface area (Å²) in [6.45, 7) is 26.4. The number of rotatable bonds is 15. The molecule has 75 heavy (non-hydrogen) atoms. The first-order valence-electron chi connectivity index (χ1n) is 29.0. The Labute approximate surface area is 453 Å². The van der Waals surface area contributed by atoms with E-state index in [1.807, 2.05) is 47.2 Å². The summed E-state index contributed by atoms with van der Waals surface area (Å²) < 4.78 is 30.2. The Bertz CT molecular complexity index is 3590. The summed E-state index contributed by atoms with van der Waals surface area (Å²) in [5.41, 5.74) is 17.9. The topological polar surface area (TPSA) is 50.9 Å². The summed E-state index contributed by atoms with van der Waals surface area (Å²) in [4.78, 5) is 10.6. The van der Waals surface area contributed by atoms with Gasteiger partial charge in [0.25, 0.3) is 0 Å². The number of aromatic hydroxyl groups is 1. The lowest BCUT2D eigenvalue weighted by atomic mass is 9.68. The maximum Gasteiger partial charge on any atom is 0.149 e. The van der Waals surface area contributed by atoms with Crippen LogP contribution in [0.15, 0.2) is 158 Å². The van der Waals surface area contributed by atoms with E-state index < -0.39 is 6.85 Å². The molecule has 0 saturated heterocycles. The Morgan fingerprint density at radius 3 is 1.75 bits per heavy atom. The van der Waals surface area contributed by atoms with Crippen LogP contribution in [0.25, 0.3) is 83.9 Å². The van der Waals surface area contributed by atoms with Crippen molar-refractivity contribution in [3.8, 4) is 78.6 Å². The number of para-hydroxylation sites is 1. The number of aromatic nitrogens is 3. The maximum absolute atomic E-state index is 12.5. The SMILES string of the molecule is [2H]C([2H])([2H])c1cc(-c2c(C(C)(CC)CC)cccc2C(C)(CC)CC)ccc1-n1c(-c2cc(C(C)C)cc(C(C)C)c2O)nc2c(-c3cc(-c4cc(-c5ccc(-c6ccccc6)cc5)ccn4)cc(C(C)(C)C)c3)cccc21. The van der Waals surface area contributed by atoms with Gasteiger partial charge in [0.15, 0.2) is 0 Å². The van der Waals surface area contributed by atoms with Gasteiger partial charge in [-0.2, -0.15) is 0 Å². The molecule has 2 aromatic heterocycles. The van der Waals surface area contributed by atoms with Gasteiger partial charge in [0.05, 0.1) is 28.0 Å². The zero-order valence-corrected chi connectivity index (χ0v) is 46.8. The van der Waals surface area contributed by atoms with E-state index in [1.165, 1.54) is 22.3 Å². The van der Waals surface area contributed by atoms with Crippen LogP contribution in [0.2, 0.25) is 0 Å². The minimum Gasteiger partial charge on any atom is -0.507 e. The first-order chi connectivity index (χ1) is 37.0. The minimum atomic E-state index is -2.53. The van der Waals surface area contributed by atoms with E-state index in [4.69, 9.17) is 9.97 Å². The van der Waals surface area contributed by atoms with E-state index in [0.717, 1.165) is 92.5 Å². The molecule has 0 bridgehead atoms. The molecule has 1 N–H and O–H groups in total. The van der Waals surface area contributed by atoms with Crippen molar-refractivity contribution in [2.75, 3.05) is 0 Å². The van der Waals surface area contributed by atoms with Gasteiger partial charge in [0.2, 0.25) is 0 Å². The van der Waals surface area contributed by atoms with Crippen molar-refractivity contribution in [1.82, 2.24) is 14.5 Å². The molecule has 0 spiro atoms. The molecule has 0 amide bonds. The smallest absolute Gasteiger partial charge is 0.149 e. The monoisotopic (exact) mass is 993 g/mol. The number of benzene rings is 7. The minimum absolute atomic E-state index is 0.00972. The summed E-state index contributed by atoms with van der Waals surface area (Å²) in [7, 11) is 0. The molecule has 0 saturated carbocycles. The third-order valence-electron chi connectivity index (χ3n) is 16.9.